The Morgan fingerprint density at radius 1 is 1.30 bits per heavy atom. The van der Waals surface area contributed by atoms with Crippen LogP contribution in [-0.2, 0) is 9.84 Å². The van der Waals surface area contributed by atoms with Crippen molar-refractivity contribution < 1.29 is 22.7 Å². The van der Waals surface area contributed by atoms with E-state index in [1.54, 1.807) is 23.1 Å². The molecule has 1 atom stereocenters. The molecule has 0 spiro atoms. The molecule has 1 fully saturated rings. The van der Waals surface area contributed by atoms with E-state index in [4.69, 9.17) is 9.47 Å². The van der Waals surface area contributed by atoms with Crippen LogP contribution in [0.2, 0.25) is 0 Å². The van der Waals surface area contributed by atoms with Crippen LogP contribution < -0.4 is 9.47 Å². The summed E-state index contributed by atoms with van der Waals surface area (Å²) >= 11 is 0. The summed E-state index contributed by atoms with van der Waals surface area (Å²) in [6.07, 6.45) is 2.32. The van der Waals surface area contributed by atoms with Gasteiger partial charge in [0.05, 0.1) is 11.5 Å². The van der Waals surface area contributed by atoms with Crippen molar-refractivity contribution in [1.29, 1.82) is 0 Å². The summed E-state index contributed by atoms with van der Waals surface area (Å²) in [6.45, 7) is 2.78. The quantitative estimate of drug-likeness (QED) is 0.818. The molecule has 6 nitrogen and oxygen atoms in total. The summed E-state index contributed by atoms with van der Waals surface area (Å²) in [7, 11) is -3.03. The number of benzene rings is 1. The minimum Gasteiger partial charge on any atom is -0.454 e. The van der Waals surface area contributed by atoms with E-state index in [-0.39, 0.29) is 30.2 Å². The Balaban J connectivity index is 1.82. The number of nitrogens with zero attached hydrogens (tertiary/aromatic N) is 1. The predicted octanol–water partition coefficient (Wildman–Crippen LogP) is 1.84. The SMILES string of the molecule is CCCCN(C(=O)c1ccc2c(c1)OCO2)[C@@H]1CCS(=O)(=O)C1. The Labute approximate surface area is 136 Å². The number of hydrogen-bond acceptors (Lipinski definition) is 5. The van der Waals surface area contributed by atoms with Crippen molar-refractivity contribution in [3.8, 4) is 11.5 Å². The smallest absolute Gasteiger partial charge is 0.254 e. The van der Waals surface area contributed by atoms with Crippen LogP contribution in [0.3, 0.4) is 0 Å². The zero-order chi connectivity index (χ0) is 16.4. The van der Waals surface area contributed by atoms with Crippen molar-refractivity contribution in [3.63, 3.8) is 0 Å². The Morgan fingerprint density at radius 2 is 2.09 bits per heavy atom. The zero-order valence-electron chi connectivity index (χ0n) is 13.2. The standard InChI is InChI=1S/C16H21NO5S/c1-2-3-7-17(13-6-8-23(19,20)10-13)16(18)12-4-5-14-15(9-12)22-11-21-14/h4-5,9,13H,2-3,6-8,10-11H2,1H3/t13-/m1/s1. The Morgan fingerprint density at radius 3 is 2.78 bits per heavy atom. The second kappa shape index (κ2) is 6.39. The lowest BCUT2D eigenvalue weighted by Gasteiger charge is -2.28. The van der Waals surface area contributed by atoms with Gasteiger partial charge in [-0.15, -0.1) is 0 Å². The van der Waals surface area contributed by atoms with Gasteiger partial charge >= 0.3 is 0 Å². The van der Waals surface area contributed by atoms with Crippen molar-refractivity contribution in [3.05, 3.63) is 23.8 Å². The summed E-state index contributed by atoms with van der Waals surface area (Å²) < 4.78 is 34.1. The number of rotatable bonds is 5. The zero-order valence-corrected chi connectivity index (χ0v) is 14.0. The maximum Gasteiger partial charge on any atom is 0.254 e. The van der Waals surface area contributed by atoms with Crippen molar-refractivity contribution in [2.24, 2.45) is 0 Å². The number of fused-ring (bicyclic) bond motifs is 1. The second-order valence-corrected chi connectivity index (χ2v) is 8.21. The molecule has 1 amide bonds. The normalized spacial score (nSPS) is 21.3. The third-order valence-corrected chi connectivity index (χ3v) is 6.03. The second-order valence-electron chi connectivity index (χ2n) is 5.98. The van der Waals surface area contributed by atoms with Gasteiger partial charge in [0, 0.05) is 18.2 Å². The molecule has 23 heavy (non-hydrogen) atoms. The van der Waals surface area contributed by atoms with E-state index in [1.165, 1.54) is 0 Å². The fraction of sp³-hybridized carbons (Fsp3) is 0.562. The summed E-state index contributed by atoms with van der Waals surface area (Å²) in [5.41, 5.74) is 0.509. The average Bonchev–Trinajstić information content (AvgIpc) is 3.12. The molecule has 7 heteroatoms. The van der Waals surface area contributed by atoms with Crippen LogP contribution in [0.4, 0.5) is 0 Å². The fourth-order valence-corrected chi connectivity index (χ4v) is 4.73. The van der Waals surface area contributed by atoms with Crippen molar-refractivity contribution in [1.82, 2.24) is 4.90 Å². The molecule has 0 N–H and O–H groups in total. The maximum atomic E-state index is 12.9. The van der Waals surface area contributed by atoms with E-state index in [0.29, 0.717) is 30.0 Å². The van der Waals surface area contributed by atoms with E-state index in [9.17, 15) is 13.2 Å². The first-order valence-corrected chi connectivity index (χ1v) is 9.73. The first-order chi connectivity index (χ1) is 11.0. The number of carbonyl (C=O) groups excluding carboxylic acids is 1. The highest BCUT2D eigenvalue weighted by Gasteiger charge is 2.35. The molecule has 1 aromatic carbocycles. The van der Waals surface area contributed by atoms with Crippen LogP contribution in [0.25, 0.3) is 0 Å². The lowest BCUT2D eigenvalue weighted by Crippen LogP contribution is -2.41. The van der Waals surface area contributed by atoms with Gasteiger partial charge in [-0.2, -0.15) is 0 Å². The molecular formula is C16H21NO5S. The van der Waals surface area contributed by atoms with Crippen LogP contribution in [-0.4, -0.2) is 50.1 Å². The van der Waals surface area contributed by atoms with Crippen LogP contribution in [0, 0.1) is 0 Å². The van der Waals surface area contributed by atoms with Crippen molar-refractivity contribution in [2.75, 3.05) is 24.8 Å². The summed E-state index contributed by atoms with van der Waals surface area (Å²) in [5.74, 6) is 1.27. The average molecular weight is 339 g/mol. The fourth-order valence-electron chi connectivity index (χ4n) is 2.99. The Kier molecular flexibility index (Phi) is 4.48. The minimum absolute atomic E-state index is 0.0625. The van der Waals surface area contributed by atoms with Crippen LogP contribution in [0.15, 0.2) is 18.2 Å². The van der Waals surface area contributed by atoms with Gasteiger partial charge in [0.2, 0.25) is 6.79 Å². The first kappa shape index (κ1) is 16.1. The first-order valence-electron chi connectivity index (χ1n) is 7.91. The number of hydrogen-bond donors (Lipinski definition) is 0. The molecule has 2 aliphatic rings. The van der Waals surface area contributed by atoms with Gasteiger partial charge in [-0.3, -0.25) is 4.79 Å². The van der Waals surface area contributed by atoms with Crippen LogP contribution >= 0.6 is 0 Å². The number of unbranched alkanes of at least 4 members (excludes halogenated alkanes) is 1. The number of sulfone groups is 1. The topological polar surface area (TPSA) is 72.9 Å². The lowest BCUT2D eigenvalue weighted by molar-refractivity contribution is 0.0694. The lowest BCUT2D eigenvalue weighted by atomic mass is 10.1. The van der Waals surface area contributed by atoms with Gasteiger partial charge in [0.25, 0.3) is 5.91 Å². The molecule has 0 unspecified atom stereocenters. The molecule has 3 rings (SSSR count). The Hall–Kier alpha value is -1.76. The number of carbonyl (C=O) groups is 1. The highest BCUT2D eigenvalue weighted by molar-refractivity contribution is 7.91. The largest absolute Gasteiger partial charge is 0.454 e. The molecule has 2 heterocycles. The third kappa shape index (κ3) is 3.44. The highest BCUT2D eigenvalue weighted by atomic mass is 32.2. The molecule has 0 radical (unpaired) electrons. The molecule has 0 bridgehead atoms. The summed E-state index contributed by atoms with van der Waals surface area (Å²) in [6, 6.07) is 4.87. The number of ether oxygens (including phenoxy) is 2. The molecule has 0 saturated carbocycles. The van der Waals surface area contributed by atoms with E-state index < -0.39 is 9.84 Å². The predicted molar refractivity (Wildman–Crippen MR) is 85.6 cm³/mol. The molecule has 0 aliphatic carbocycles. The third-order valence-electron chi connectivity index (χ3n) is 4.28. The van der Waals surface area contributed by atoms with E-state index in [0.717, 1.165) is 12.8 Å². The maximum absolute atomic E-state index is 12.9. The van der Waals surface area contributed by atoms with Crippen molar-refractivity contribution in [2.45, 2.75) is 32.2 Å². The molecular weight excluding hydrogens is 318 g/mol. The van der Waals surface area contributed by atoms with Gasteiger partial charge in [0.15, 0.2) is 21.3 Å². The molecule has 2 aliphatic heterocycles. The van der Waals surface area contributed by atoms with E-state index in [2.05, 4.69) is 6.92 Å². The van der Waals surface area contributed by atoms with E-state index in [1.807, 2.05) is 0 Å². The van der Waals surface area contributed by atoms with Gasteiger partial charge in [-0.05, 0) is 31.0 Å². The monoisotopic (exact) mass is 339 g/mol. The molecule has 126 valence electrons. The molecule has 0 aromatic heterocycles. The molecule has 1 saturated heterocycles. The summed E-state index contributed by atoms with van der Waals surface area (Å²) in [4.78, 5) is 14.6. The van der Waals surface area contributed by atoms with Crippen LogP contribution in [0.1, 0.15) is 36.5 Å². The number of amides is 1. The van der Waals surface area contributed by atoms with Gasteiger partial charge in [-0.1, -0.05) is 13.3 Å². The molecule has 1 aromatic rings. The highest BCUT2D eigenvalue weighted by Crippen LogP contribution is 2.33. The van der Waals surface area contributed by atoms with E-state index >= 15 is 0 Å². The van der Waals surface area contributed by atoms with Gasteiger partial charge in [-0.25, -0.2) is 8.42 Å². The van der Waals surface area contributed by atoms with Crippen molar-refractivity contribution >= 4 is 15.7 Å². The van der Waals surface area contributed by atoms with Gasteiger partial charge < -0.3 is 14.4 Å². The minimum atomic E-state index is -3.03. The summed E-state index contributed by atoms with van der Waals surface area (Å²) in [5, 5.41) is 0. The van der Waals surface area contributed by atoms with Gasteiger partial charge in [0.1, 0.15) is 0 Å². The Bertz CT molecular complexity index is 700. The van der Waals surface area contributed by atoms with Crippen LogP contribution in [0.5, 0.6) is 11.5 Å².